The van der Waals surface area contributed by atoms with E-state index in [-0.39, 0.29) is 49.3 Å². The molecule has 9 heterocycles. The Hall–Kier alpha value is -1.47. The summed E-state index contributed by atoms with van der Waals surface area (Å²) in [6, 6.07) is 0. The molecule has 11 rings (SSSR count). The second-order valence-electron chi connectivity index (χ2n) is 17.9. The van der Waals surface area contributed by atoms with Crippen LogP contribution in [0.25, 0.3) is 0 Å². The van der Waals surface area contributed by atoms with Gasteiger partial charge in [-0.1, -0.05) is 32.9 Å². The molecule has 298 valence electrons. The second kappa shape index (κ2) is 12.3. The molecule has 8 saturated heterocycles. The number of fused-ring (bicyclic) bond motifs is 4. The van der Waals surface area contributed by atoms with Crippen LogP contribution in [-0.4, -0.2) is 74.7 Å². The molecule has 10 fully saturated rings. The molecule has 2 aliphatic carbocycles. The van der Waals surface area contributed by atoms with Crippen molar-refractivity contribution in [2.45, 2.75) is 166 Å². The highest BCUT2D eigenvalue weighted by molar-refractivity contribution is 5.13. The van der Waals surface area contributed by atoms with Crippen LogP contribution in [0.2, 0.25) is 0 Å². The molecular formula is C37H54F3N3O10. The molecule has 16 heteroatoms. The molecule has 1 aromatic heterocycles. The molecule has 53 heavy (non-hydrogen) atoms. The molecule has 0 N–H and O–H groups in total. The zero-order valence-electron chi connectivity index (χ0n) is 31.7. The Bertz CT molecular complexity index is 1570. The largest absolute Gasteiger partial charge is 0.443 e. The van der Waals surface area contributed by atoms with E-state index in [9.17, 15) is 0 Å². The molecule has 13 nitrogen and oxygen atoms in total. The molecule has 2 saturated carbocycles. The van der Waals surface area contributed by atoms with E-state index in [1.807, 2.05) is 13.8 Å². The fourth-order valence-electron chi connectivity index (χ4n) is 11.8. The first-order chi connectivity index (χ1) is 25.0. The minimum Gasteiger partial charge on any atom is -0.343 e. The van der Waals surface area contributed by atoms with Gasteiger partial charge in [0.05, 0.1) is 31.6 Å². The molecule has 4 bridgehead atoms. The summed E-state index contributed by atoms with van der Waals surface area (Å²) in [6.45, 7) is 13.2. The number of halogens is 3. The average molecular weight is 758 g/mol. The van der Waals surface area contributed by atoms with E-state index >= 15 is 13.2 Å². The van der Waals surface area contributed by atoms with Crippen molar-refractivity contribution < 1.29 is 61.1 Å². The van der Waals surface area contributed by atoms with Crippen molar-refractivity contribution in [3.8, 4) is 0 Å². The Labute approximate surface area is 307 Å². The van der Waals surface area contributed by atoms with Crippen molar-refractivity contribution in [2.24, 2.45) is 47.3 Å². The van der Waals surface area contributed by atoms with Crippen LogP contribution in [0.4, 0.5) is 13.2 Å². The number of nitrogens with zero attached hydrogens (tertiary/aromatic N) is 3. The van der Waals surface area contributed by atoms with Gasteiger partial charge in [-0.3, -0.25) is 0 Å². The third-order valence-corrected chi connectivity index (χ3v) is 15.0. The predicted molar refractivity (Wildman–Crippen MR) is 174 cm³/mol. The van der Waals surface area contributed by atoms with E-state index in [0.717, 1.165) is 25.7 Å². The summed E-state index contributed by atoms with van der Waals surface area (Å²) in [4.78, 5) is 24.1. The maximum atomic E-state index is 15.4. The van der Waals surface area contributed by atoms with Crippen molar-refractivity contribution in [1.82, 2.24) is 15.0 Å². The lowest BCUT2D eigenvalue weighted by atomic mass is 9.57. The van der Waals surface area contributed by atoms with Crippen LogP contribution in [0.15, 0.2) is 6.20 Å². The average Bonchev–Trinajstić information content (AvgIpc) is 3.25. The van der Waals surface area contributed by atoms with Crippen molar-refractivity contribution in [1.29, 1.82) is 0 Å². The first-order valence-electron chi connectivity index (χ1n) is 19.7. The van der Waals surface area contributed by atoms with Gasteiger partial charge in [-0.15, -0.1) is 5.10 Å². The first-order valence-corrected chi connectivity index (χ1v) is 19.7. The summed E-state index contributed by atoms with van der Waals surface area (Å²) in [6.07, 6.45) is 0.691. The molecule has 10 aliphatic rings. The summed E-state index contributed by atoms with van der Waals surface area (Å²) in [5, 5.41) is 8.25. The quantitative estimate of drug-likeness (QED) is 0.281. The fourth-order valence-corrected chi connectivity index (χ4v) is 11.8. The topological polar surface area (TPSA) is 123 Å². The smallest absolute Gasteiger partial charge is 0.343 e. The third-order valence-electron chi connectivity index (χ3n) is 15.0. The number of aromatic nitrogens is 3. The summed E-state index contributed by atoms with van der Waals surface area (Å²) >= 11 is 0. The highest BCUT2D eigenvalue weighted by atomic mass is 19.4. The number of ether oxygens (including phenoxy) is 6. The third kappa shape index (κ3) is 5.25. The van der Waals surface area contributed by atoms with Gasteiger partial charge in [0.15, 0.2) is 29.6 Å². The molecule has 0 amide bonds. The van der Waals surface area contributed by atoms with Gasteiger partial charge in [0.1, 0.15) is 0 Å². The fraction of sp³-hybridized carbons (Fsp3) is 0.946. The van der Waals surface area contributed by atoms with Gasteiger partial charge >= 0.3 is 6.18 Å². The molecule has 2 spiro atoms. The number of rotatable bonds is 7. The minimum absolute atomic E-state index is 0.0291. The van der Waals surface area contributed by atoms with Crippen molar-refractivity contribution in [3.63, 3.8) is 0 Å². The van der Waals surface area contributed by atoms with Crippen LogP contribution >= 0.6 is 0 Å². The van der Waals surface area contributed by atoms with E-state index in [2.05, 4.69) is 31.1 Å². The van der Waals surface area contributed by atoms with Crippen LogP contribution in [0.5, 0.6) is 0 Å². The Kier molecular flexibility index (Phi) is 8.59. The standard InChI is InChI=1S/C37H54F3N3O10/c1-20-8-10-27-22(3)33(7,48-29-34(27)25(20)12-14-31(5,46-29)50-52-34)45-19-24-18-41-42-43(24)16-17-44-36(37(38,39)40)23(4)28-11-9-21(2)26-13-15-32(6)47-30(49-36)35(26,28)53-51-32/h18,20-23,25-30H,8-17,19H2,1-7H3/t20-,21-,22-,23-,25+,26+,27+,28+,29+,30+,31-,32+,33+,34-,35-,36-/m1/s1. The van der Waals surface area contributed by atoms with Crippen LogP contribution in [0.1, 0.15) is 106 Å². The van der Waals surface area contributed by atoms with Gasteiger partial charge in [0, 0.05) is 36.5 Å². The van der Waals surface area contributed by atoms with Gasteiger partial charge < -0.3 is 28.4 Å². The number of alkyl halides is 3. The normalized spacial score (nSPS) is 53.1. The van der Waals surface area contributed by atoms with E-state index < -0.39 is 64.9 Å². The van der Waals surface area contributed by atoms with Crippen molar-refractivity contribution in [3.05, 3.63) is 11.9 Å². The van der Waals surface area contributed by atoms with Gasteiger partial charge in [-0.25, -0.2) is 24.2 Å². The maximum Gasteiger partial charge on any atom is 0.443 e. The molecule has 8 aliphatic heterocycles. The van der Waals surface area contributed by atoms with E-state index in [4.69, 9.17) is 48.0 Å². The van der Waals surface area contributed by atoms with Crippen LogP contribution in [0, 0.1) is 47.3 Å². The van der Waals surface area contributed by atoms with E-state index in [0.29, 0.717) is 37.3 Å². The highest BCUT2D eigenvalue weighted by Gasteiger charge is 2.77. The molecule has 0 unspecified atom stereocenters. The SMILES string of the molecule is C[C@@H]1CC[C@H]2[C@@H](C)[C@@](C)(OCc3cnnn3CCO[C@@]3(C(F)(F)F)O[C@@H]4O[C@]5(C)CC[C@H]6[C@H](C)CC[C@@H]([C@H]3C)[C@@]46OO5)O[C@@H]3O[C@@]4(C)CC[C@@H]1[C@]32OO4. The monoisotopic (exact) mass is 757 g/mol. The lowest BCUT2D eigenvalue weighted by molar-refractivity contribution is -0.599. The predicted octanol–water partition coefficient (Wildman–Crippen LogP) is 6.55. The Balaban J connectivity index is 0.916. The summed E-state index contributed by atoms with van der Waals surface area (Å²) < 4.78 is 85.5. The Morgan fingerprint density at radius 3 is 1.87 bits per heavy atom. The second-order valence-corrected chi connectivity index (χ2v) is 17.9. The van der Waals surface area contributed by atoms with E-state index in [1.165, 1.54) is 4.68 Å². The molecular weight excluding hydrogens is 703 g/mol. The highest BCUT2D eigenvalue weighted by Crippen LogP contribution is 2.65. The maximum absolute atomic E-state index is 15.4. The Morgan fingerprint density at radius 1 is 0.717 bits per heavy atom. The first kappa shape index (κ1) is 37.1. The van der Waals surface area contributed by atoms with Crippen molar-refractivity contribution in [2.75, 3.05) is 6.61 Å². The molecule has 1 aromatic rings. The van der Waals surface area contributed by atoms with Gasteiger partial charge in [-0.2, -0.15) is 13.2 Å². The van der Waals surface area contributed by atoms with Gasteiger partial charge in [0.25, 0.3) is 5.79 Å². The summed E-state index contributed by atoms with van der Waals surface area (Å²) in [5.41, 5.74) is -1.34. The number of hydrogen-bond acceptors (Lipinski definition) is 12. The summed E-state index contributed by atoms with van der Waals surface area (Å²) in [5.74, 6) is -7.13. The number of hydrogen-bond donors (Lipinski definition) is 0. The van der Waals surface area contributed by atoms with Gasteiger partial charge in [0.2, 0.25) is 11.6 Å². The summed E-state index contributed by atoms with van der Waals surface area (Å²) in [7, 11) is 0. The van der Waals surface area contributed by atoms with E-state index in [1.54, 1.807) is 20.0 Å². The zero-order chi connectivity index (χ0) is 37.4. The van der Waals surface area contributed by atoms with Crippen LogP contribution < -0.4 is 0 Å². The van der Waals surface area contributed by atoms with Crippen molar-refractivity contribution >= 4 is 0 Å². The van der Waals surface area contributed by atoms with Crippen LogP contribution in [-0.2, 0) is 61.1 Å². The zero-order valence-corrected chi connectivity index (χ0v) is 31.7. The van der Waals surface area contributed by atoms with Crippen LogP contribution in [0.3, 0.4) is 0 Å². The molecule has 0 aromatic carbocycles. The Morgan fingerprint density at radius 2 is 1.28 bits per heavy atom. The molecule has 0 radical (unpaired) electrons. The lowest BCUT2D eigenvalue weighted by Gasteiger charge is -2.62. The lowest BCUT2D eigenvalue weighted by Crippen LogP contribution is -2.76. The molecule has 16 atom stereocenters. The van der Waals surface area contributed by atoms with Gasteiger partial charge in [-0.05, 0) is 83.0 Å². The minimum atomic E-state index is -4.88.